The molecule has 1 aliphatic rings. The molecular weight excluding hydrogens is 238 g/mol. The number of pyridine rings is 1. The second-order valence-electron chi connectivity index (χ2n) is 4.42. The van der Waals surface area contributed by atoms with Crippen LogP contribution in [-0.2, 0) is 9.84 Å². The van der Waals surface area contributed by atoms with Crippen molar-refractivity contribution in [1.82, 2.24) is 14.6 Å². The van der Waals surface area contributed by atoms with Crippen molar-refractivity contribution >= 4 is 15.5 Å². The summed E-state index contributed by atoms with van der Waals surface area (Å²) < 4.78 is 25.7. The van der Waals surface area contributed by atoms with E-state index in [1.165, 1.54) is 0 Å². The van der Waals surface area contributed by atoms with E-state index in [0.717, 1.165) is 5.69 Å². The van der Waals surface area contributed by atoms with E-state index >= 15 is 0 Å². The summed E-state index contributed by atoms with van der Waals surface area (Å²) in [5.74, 6) is 0.828. The molecule has 90 valence electrons. The van der Waals surface area contributed by atoms with E-state index in [4.69, 9.17) is 0 Å². The molecule has 0 aromatic carbocycles. The number of rotatable bonds is 1. The fraction of sp³-hybridized carbons (Fsp3) is 0.455. The molecule has 1 aliphatic heterocycles. The maximum atomic E-state index is 11.9. The predicted molar refractivity (Wildman–Crippen MR) is 63.5 cm³/mol. The van der Waals surface area contributed by atoms with Gasteiger partial charge in [-0.15, -0.1) is 10.2 Å². The normalized spacial score (nSPS) is 23.2. The van der Waals surface area contributed by atoms with Gasteiger partial charge < -0.3 is 0 Å². The van der Waals surface area contributed by atoms with E-state index in [1.54, 1.807) is 0 Å². The van der Waals surface area contributed by atoms with Crippen molar-refractivity contribution in [3.63, 3.8) is 0 Å². The van der Waals surface area contributed by atoms with Crippen molar-refractivity contribution in [3.05, 3.63) is 29.7 Å². The van der Waals surface area contributed by atoms with Gasteiger partial charge in [-0.25, -0.2) is 8.42 Å². The van der Waals surface area contributed by atoms with Crippen molar-refractivity contribution in [2.24, 2.45) is 0 Å². The summed E-state index contributed by atoms with van der Waals surface area (Å²) in [5, 5.41) is 7.62. The summed E-state index contributed by atoms with van der Waals surface area (Å²) in [6, 6.07) is 5.67. The Balaban J connectivity index is 2.25. The van der Waals surface area contributed by atoms with Crippen LogP contribution in [0.2, 0.25) is 0 Å². The summed E-state index contributed by atoms with van der Waals surface area (Å²) >= 11 is 0. The van der Waals surface area contributed by atoms with Gasteiger partial charge in [-0.2, -0.15) is 0 Å². The highest BCUT2D eigenvalue weighted by molar-refractivity contribution is 7.91. The summed E-state index contributed by atoms with van der Waals surface area (Å²) in [4.78, 5) is 0. The van der Waals surface area contributed by atoms with Gasteiger partial charge >= 0.3 is 0 Å². The Morgan fingerprint density at radius 2 is 2.18 bits per heavy atom. The maximum Gasteiger partial charge on any atom is 0.161 e. The SMILES string of the molecule is Cc1cccc2nnc(C3CCCS3(=O)=O)n12. The number of nitrogens with zero attached hydrogens (tertiary/aromatic N) is 3. The zero-order chi connectivity index (χ0) is 12.0. The molecule has 17 heavy (non-hydrogen) atoms. The molecule has 0 saturated carbocycles. The molecule has 1 saturated heterocycles. The zero-order valence-electron chi connectivity index (χ0n) is 9.50. The summed E-state index contributed by atoms with van der Waals surface area (Å²) in [7, 11) is -3.04. The molecule has 0 amide bonds. The quantitative estimate of drug-likeness (QED) is 0.766. The Hall–Kier alpha value is -1.43. The van der Waals surface area contributed by atoms with Crippen molar-refractivity contribution in [1.29, 1.82) is 0 Å². The highest BCUT2D eigenvalue weighted by Gasteiger charge is 2.36. The van der Waals surface area contributed by atoms with Crippen LogP contribution in [0.4, 0.5) is 0 Å². The fourth-order valence-corrected chi connectivity index (χ4v) is 4.27. The third-order valence-electron chi connectivity index (χ3n) is 3.27. The lowest BCUT2D eigenvalue weighted by Gasteiger charge is -2.08. The molecule has 3 heterocycles. The highest BCUT2D eigenvalue weighted by Crippen LogP contribution is 2.33. The molecule has 0 bridgehead atoms. The van der Waals surface area contributed by atoms with Gasteiger partial charge in [0, 0.05) is 5.69 Å². The topological polar surface area (TPSA) is 64.3 Å². The van der Waals surface area contributed by atoms with E-state index < -0.39 is 15.1 Å². The average molecular weight is 251 g/mol. The first-order valence-corrected chi connectivity index (χ1v) is 7.33. The molecule has 3 rings (SSSR count). The van der Waals surface area contributed by atoms with E-state index in [2.05, 4.69) is 10.2 Å². The molecule has 1 unspecified atom stereocenters. The lowest BCUT2D eigenvalue weighted by atomic mass is 10.2. The summed E-state index contributed by atoms with van der Waals surface area (Å²) in [6.45, 7) is 1.93. The third kappa shape index (κ3) is 1.55. The van der Waals surface area contributed by atoms with Crippen LogP contribution in [-0.4, -0.2) is 28.8 Å². The lowest BCUT2D eigenvalue weighted by Crippen LogP contribution is -2.12. The van der Waals surface area contributed by atoms with Gasteiger partial charge in [0.15, 0.2) is 21.3 Å². The Morgan fingerprint density at radius 1 is 1.35 bits per heavy atom. The van der Waals surface area contributed by atoms with Gasteiger partial charge in [0.05, 0.1) is 5.75 Å². The number of aromatic nitrogens is 3. The molecule has 0 aliphatic carbocycles. The van der Waals surface area contributed by atoms with Gasteiger partial charge in [0.1, 0.15) is 5.25 Å². The molecule has 0 spiro atoms. The van der Waals surface area contributed by atoms with Gasteiger partial charge in [0.25, 0.3) is 0 Å². The van der Waals surface area contributed by atoms with Gasteiger partial charge in [-0.1, -0.05) is 6.07 Å². The van der Waals surface area contributed by atoms with Gasteiger partial charge in [-0.3, -0.25) is 4.40 Å². The largest absolute Gasteiger partial charge is 0.283 e. The Kier molecular flexibility index (Phi) is 2.22. The van der Waals surface area contributed by atoms with Crippen LogP contribution in [0.25, 0.3) is 5.65 Å². The molecule has 6 heteroatoms. The Bertz CT molecular complexity index is 675. The fourth-order valence-electron chi connectivity index (χ4n) is 2.42. The first kappa shape index (κ1) is 10.7. The zero-order valence-corrected chi connectivity index (χ0v) is 10.3. The van der Waals surface area contributed by atoms with Gasteiger partial charge in [0.2, 0.25) is 0 Å². The third-order valence-corrected chi connectivity index (χ3v) is 5.44. The second-order valence-corrected chi connectivity index (χ2v) is 6.72. The smallest absolute Gasteiger partial charge is 0.161 e. The van der Waals surface area contributed by atoms with E-state index in [9.17, 15) is 8.42 Å². The molecule has 2 aromatic rings. The molecule has 2 aromatic heterocycles. The van der Waals surface area contributed by atoms with Crippen LogP contribution in [0, 0.1) is 6.92 Å². The monoisotopic (exact) mass is 251 g/mol. The van der Waals surface area contributed by atoms with Crippen molar-refractivity contribution in [2.45, 2.75) is 25.0 Å². The number of hydrogen-bond acceptors (Lipinski definition) is 4. The van der Waals surface area contributed by atoms with Crippen molar-refractivity contribution in [3.8, 4) is 0 Å². The summed E-state index contributed by atoms with van der Waals surface area (Å²) in [6.07, 6.45) is 1.37. The standard InChI is InChI=1S/C11H13N3O2S/c1-8-4-2-6-10-12-13-11(14(8)10)9-5-3-7-17(9,15)16/h2,4,6,9H,3,5,7H2,1H3. The average Bonchev–Trinajstić information content (AvgIpc) is 2.82. The second kappa shape index (κ2) is 3.53. The first-order chi connectivity index (χ1) is 8.09. The van der Waals surface area contributed by atoms with Crippen LogP contribution in [0.3, 0.4) is 0 Å². The predicted octanol–water partition coefficient (Wildman–Crippen LogP) is 1.29. The maximum absolute atomic E-state index is 11.9. The van der Waals surface area contributed by atoms with Gasteiger partial charge in [-0.05, 0) is 31.9 Å². The minimum atomic E-state index is -3.04. The number of aryl methyl sites for hydroxylation is 1. The molecule has 5 nitrogen and oxygen atoms in total. The first-order valence-electron chi connectivity index (χ1n) is 5.62. The Morgan fingerprint density at radius 3 is 2.88 bits per heavy atom. The lowest BCUT2D eigenvalue weighted by molar-refractivity contribution is 0.587. The van der Waals surface area contributed by atoms with Crippen molar-refractivity contribution in [2.75, 3.05) is 5.75 Å². The highest BCUT2D eigenvalue weighted by atomic mass is 32.2. The Labute approximate surface area is 99.4 Å². The molecule has 0 N–H and O–H groups in total. The van der Waals surface area contributed by atoms with E-state index in [1.807, 2.05) is 29.5 Å². The number of fused-ring (bicyclic) bond motifs is 1. The van der Waals surface area contributed by atoms with E-state index in [-0.39, 0.29) is 5.75 Å². The van der Waals surface area contributed by atoms with Crippen LogP contribution in [0.5, 0.6) is 0 Å². The van der Waals surface area contributed by atoms with Crippen LogP contribution < -0.4 is 0 Å². The summed E-state index contributed by atoms with van der Waals surface area (Å²) in [5.41, 5.74) is 1.67. The minimum absolute atomic E-state index is 0.262. The van der Waals surface area contributed by atoms with Crippen LogP contribution in [0.15, 0.2) is 18.2 Å². The molecule has 1 fully saturated rings. The van der Waals surface area contributed by atoms with E-state index in [0.29, 0.717) is 24.3 Å². The molecule has 0 radical (unpaired) electrons. The number of sulfone groups is 1. The number of hydrogen-bond donors (Lipinski definition) is 0. The van der Waals surface area contributed by atoms with Crippen LogP contribution >= 0.6 is 0 Å². The van der Waals surface area contributed by atoms with Crippen LogP contribution in [0.1, 0.15) is 29.6 Å². The molecule has 1 atom stereocenters. The molecular formula is C11H13N3O2S. The minimum Gasteiger partial charge on any atom is -0.283 e. The van der Waals surface area contributed by atoms with Crippen molar-refractivity contribution < 1.29 is 8.42 Å².